The Labute approximate surface area is 158 Å². The first-order valence-electron chi connectivity index (χ1n) is 8.33. The average molecular weight is 394 g/mol. The van der Waals surface area contributed by atoms with E-state index in [2.05, 4.69) is 30.8 Å². The Morgan fingerprint density at radius 3 is 2.75 bits per heavy atom. The third-order valence-corrected chi connectivity index (χ3v) is 3.95. The van der Waals surface area contributed by atoms with Gasteiger partial charge in [0.2, 0.25) is 0 Å². The first kappa shape index (κ1) is 19.7. The Kier molecular flexibility index (Phi) is 5.86. The van der Waals surface area contributed by atoms with E-state index in [0.29, 0.717) is 13.2 Å². The fourth-order valence-electron chi connectivity index (χ4n) is 2.59. The summed E-state index contributed by atoms with van der Waals surface area (Å²) in [6, 6.07) is 3.02. The molecule has 9 nitrogen and oxygen atoms in total. The number of alkyl halides is 3. The summed E-state index contributed by atoms with van der Waals surface area (Å²) in [7, 11) is 1.92. The van der Waals surface area contributed by atoms with Gasteiger partial charge in [0, 0.05) is 25.7 Å². The molecule has 3 rings (SSSR count). The second kappa shape index (κ2) is 8.32. The second-order valence-corrected chi connectivity index (χ2v) is 6.15. The monoisotopic (exact) mass is 394 g/mol. The van der Waals surface area contributed by atoms with Crippen molar-refractivity contribution in [2.24, 2.45) is 0 Å². The molecule has 0 aliphatic carbocycles. The molecule has 148 valence electrons. The lowest BCUT2D eigenvalue weighted by molar-refractivity contribution is -0.141. The summed E-state index contributed by atoms with van der Waals surface area (Å²) < 4.78 is 45.3. The van der Waals surface area contributed by atoms with Crippen molar-refractivity contribution in [1.29, 1.82) is 5.26 Å². The number of hydrogen-bond acceptors (Lipinski definition) is 9. The maximum absolute atomic E-state index is 13.3. The third-order valence-electron chi connectivity index (χ3n) is 3.95. The molecule has 0 bridgehead atoms. The zero-order valence-corrected chi connectivity index (χ0v) is 14.9. The molecule has 1 atom stereocenters. The smallest absolute Gasteiger partial charge is 0.380 e. The number of hydrogen-bond donors (Lipinski definition) is 2. The molecule has 28 heavy (non-hydrogen) atoms. The van der Waals surface area contributed by atoms with Crippen molar-refractivity contribution in [3.8, 4) is 6.07 Å². The lowest BCUT2D eigenvalue weighted by Crippen LogP contribution is -2.43. The van der Waals surface area contributed by atoms with Crippen LogP contribution in [0.25, 0.3) is 0 Å². The first-order chi connectivity index (χ1) is 13.3. The van der Waals surface area contributed by atoms with Gasteiger partial charge in [0.05, 0.1) is 30.8 Å². The van der Waals surface area contributed by atoms with Crippen LogP contribution in [0.5, 0.6) is 0 Å². The normalized spacial score (nSPS) is 17.8. The molecule has 12 heteroatoms. The molecule has 0 unspecified atom stereocenters. The highest BCUT2D eigenvalue weighted by Gasteiger charge is 2.36. The number of morpholine rings is 1. The standard InChI is InChI=1S/C16H17F3N8O/c1-27-2-3-28-11(9-27)7-22-12-4-13(25-26-15(12)16(17,18)19)24-14-8-21-10(5-20)6-23-14/h4,6,8,11H,2-3,7,9H2,1H3,(H2,22,23,24,25)/t11-/m0/s1. The predicted molar refractivity (Wildman–Crippen MR) is 92.8 cm³/mol. The van der Waals surface area contributed by atoms with E-state index < -0.39 is 11.9 Å². The molecule has 1 aliphatic heterocycles. The van der Waals surface area contributed by atoms with Gasteiger partial charge in [-0.05, 0) is 7.05 Å². The van der Waals surface area contributed by atoms with Crippen LogP contribution in [0.2, 0.25) is 0 Å². The predicted octanol–water partition coefficient (Wildman–Crippen LogP) is 1.64. The number of nitriles is 1. The molecule has 3 heterocycles. The maximum atomic E-state index is 13.3. The highest BCUT2D eigenvalue weighted by Crippen LogP contribution is 2.34. The van der Waals surface area contributed by atoms with Crippen LogP contribution >= 0.6 is 0 Å². The van der Waals surface area contributed by atoms with Crippen LogP contribution in [0, 0.1) is 11.3 Å². The average Bonchev–Trinajstić information content (AvgIpc) is 2.66. The van der Waals surface area contributed by atoms with Crippen LogP contribution in [0.1, 0.15) is 11.4 Å². The summed E-state index contributed by atoms with van der Waals surface area (Å²) >= 11 is 0. The van der Waals surface area contributed by atoms with Crippen LogP contribution in [0.3, 0.4) is 0 Å². The number of rotatable bonds is 5. The van der Waals surface area contributed by atoms with Gasteiger partial charge in [0.25, 0.3) is 0 Å². The lowest BCUT2D eigenvalue weighted by atomic mass is 10.2. The fraction of sp³-hybridized carbons (Fsp3) is 0.438. The molecular weight excluding hydrogens is 377 g/mol. The first-order valence-corrected chi connectivity index (χ1v) is 8.33. The number of halogens is 3. The van der Waals surface area contributed by atoms with E-state index in [1.54, 1.807) is 0 Å². The van der Waals surface area contributed by atoms with E-state index >= 15 is 0 Å². The van der Waals surface area contributed by atoms with Crippen molar-refractivity contribution >= 4 is 17.3 Å². The van der Waals surface area contributed by atoms with Crippen LogP contribution in [-0.4, -0.2) is 64.5 Å². The summed E-state index contributed by atoms with van der Waals surface area (Å²) in [5, 5.41) is 21.1. The van der Waals surface area contributed by atoms with E-state index in [1.165, 1.54) is 18.5 Å². The zero-order chi connectivity index (χ0) is 20.1. The number of likely N-dealkylation sites (N-methyl/N-ethyl adjacent to an activating group) is 1. The van der Waals surface area contributed by atoms with Gasteiger partial charge in [-0.2, -0.15) is 18.4 Å². The maximum Gasteiger partial charge on any atom is 0.437 e. The molecule has 1 aliphatic rings. The molecule has 2 aromatic heterocycles. The van der Waals surface area contributed by atoms with Crippen molar-refractivity contribution in [3.05, 3.63) is 29.8 Å². The molecule has 1 saturated heterocycles. The molecular formula is C16H17F3N8O. The van der Waals surface area contributed by atoms with E-state index in [4.69, 9.17) is 10.00 Å². The van der Waals surface area contributed by atoms with E-state index in [-0.39, 0.29) is 35.7 Å². The van der Waals surface area contributed by atoms with Gasteiger partial charge in [0.15, 0.2) is 17.2 Å². The van der Waals surface area contributed by atoms with Crippen molar-refractivity contribution < 1.29 is 17.9 Å². The van der Waals surface area contributed by atoms with Gasteiger partial charge < -0.3 is 20.3 Å². The van der Waals surface area contributed by atoms with Crippen LogP contribution in [0.15, 0.2) is 18.5 Å². The van der Waals surface area contributed by atoms with Crippen LogP contribution in [0.4, 0.5) is 30.5 Å². The number of nitrogens with zero attached hydrogens (tertiary/aromatic N) is 6. The van der Waals surface area contributed by atoms with Gasteiger partial charge in [0.1, 0.15) is 11.9 Å². The van der Waals surface area contributed by atoms with Crippen molar-refractivity contribution in [2.45, 2.75) is 12.3 Å². The highest BCUT2D eigenvalue weighted by atomic mass is 19.4. The zero-order valence-electron chi connectivity index (χ0n) is 14.9. The topological polar surface area (TPSA) is 112 Å². The minimum atomic E-state index is -4.66. The Bertz CT molecular complexity index is 852. The Morgan fingerprint density at radius 1 is 1.29 bits per heavy atom. The minimum absolute atomic E-state index is 0.0520. The van der Waals surface area contributed by atoms with Gasteiger partial charge in [-0.15, -0.1) is 10.2 Å². The summed E-state index contributed by atoms with van der Waals surface area (Å²) in [5.41, 5.74) is -1.22. The van der Waals surface area contributed by atoms with Crippen molar-refractivity contribution in [2.75, 3.05) is 43.9 Å². The van der Waals surface area contributed by atoms with Gasteiger partial charge >= 0.3 is 6.18 Å². The third kappa shape index (κ3) is 5.02. The largest absolute Gasteiger partial charge is 0.437 e. The van der Waals surface area contributed by atoms with Gasteiger partial charge in [-0.25, -0.2) is 9.97 Å². The number of nitrogens with one attached hydrogen (secondary N) is 2. The van der Waals surface area contributed by atoms with E-state index in [9.17, 15) is 13.2 Å². The van der Waals surface area contributed by atoms with Gasteiger partial charge in [-0.1, -0.05) is 0 Å². The van der Waals surface area contributed by atoms with Crippen LogP contribution < -0.4 is 10.6 Å². The molecule has 2 N–H and O–H groups in total. The number of anilines is 3. The molecule has 0 aromatic carbocycles. The minimum Gasteiger partial charge on any atom is -0.380 e. The summed E-state index contributed by atoms with van der Waals surface area (Å²) in [6.07, 6.45) is -2.40. The second-order valence-electron chi connectivity index (χ2n) is 6.15. The van der Waals surface area contributed by atoms with Crippen molar-refractivity contribution in [3.63, 3.8) is 0 Å². The summed E-state index contributed by atoms with van der Waals surface area (Å²) in [4.78, 5) is 9.81. The molecule has 0 amide bonds. The summed E-state index contributed by atoms with van der Waals surface area (Å²) in [6.45, 7) is 2.10. The lowest BCUT2D eigenvalue weighted by Gasteiger charge is -2.30. The SMILES string of the molecule is CN1CCO[C@@H](CNc2cc(Nc3cnc(C#N)cn3)nnc2C(F)(F)F)C1. The molecule has 0 radical (unpaired) electrons. The summed E-state index contributed by atoms with van der Waals surface area (Å²) in [5.74, 6) is 0.271. The molecule has 0 spiro atoms. The number of ether oxygens (including phenoxy) is 1. The van der Waals surface area contributed by atoms with E-state index in [0.717, 1.165) is 6.54 Å². The Balaban J connectivity index is 1.77. The molecule has 0 saturated carbocycles. The van der Waals surface area contributed by atoms with E-state index in [1.807, 2.05) is 18.0 Å². The Hall–Kier alpha value is -3.04. The Morgan fingerprint density at radius 2 is 2.11 bits per heavy atom. The molecule has 1 fully saturated rings. The quantitative estimate of drug-likeness (QED) is 0.781. The molecule has 2 aromatic rings. The van der Waals surface area contributed by atoms with Gasteiger partial charge in [-0.3, -0.25) is 0 Å². The van der Waals surface area contributed by atoms with Crippen LogP contribution in [-0.2, 0) is 10.9 Å². The number of aromatic nitrogens is 4. The fourth-order valence-corrected chi connectivity index (χ4v) is 2.59. The van der Waals surface area contributed by atoms with Crippen molar-refractivity contribution in [1.82, 2.24) is 25.1 Å². The highest BCUT2D eigenvalue weighted by molar-refractivity contribution is 5.60.